The predicted molar refractivity (Wildman–Crippen MR) is 73.4 cm³/mol. The molecule has 18 heavy (non-hydrogen) atoms. The largest absolute Gasteiger partial charge is 0.389 e. The Morgan fingerprint density at radius 1 is 1.61 bits per heavy atom. The van der Waals surface area contributed by atoms with E-state index >= 15 is 0 Å². The number of halogens is 1. The molecule has 1 aromatic carbocycles. The smallest absolute Gasteiger partial charge is 0.135 e. The van der Waals surface area contributed by atoms with Crippen molar-refractivity contribution in [2.75, 3.05) is 32.2 Å². The average molecular weight is 272 g/mol. The third-order valence-corrected chi connectivity index (χ3v) is 2.70. The van der Waals surface area contributed by atoms with Crippen LogP contribution in [-0.4, -0.2) is 43.5 Å². The highest BCUT2D eigenvalue weighted by Crippen LogP contribution is 2.22. The molecular weight excluding hydrogens is 255 g/mol. The van der Waals surface area contributed by atoms with Gasteiger partial charge in [-0.05, 0) is 12.1 Å². The van der Waals surface area contributed by atoms with E-state index in [1.54, 1.807) is 24.1 Å². The van der Waals surface area contributed by atoms with Gasteiger partial charge in [0, 0.05) is 26.4 Å². The van der Waals surface area contributed by atoms with E-state index in [0.29, 0.717) is 12.2 Å². The molecule has 1 rings (SSSR count). The van der Waals surface area contributed by atoms with Crippen molar-refractivity contribution in [2.45, 2.75) is 6.10 Å². The zero-order chi connectivity index (χ0) is 13.7. The maximum atomic E-state index is 13.7. The molecule has 0 heterocycles. The molecule has 0 aliphatic carbocycles. The van der Waals surface area contributed by atoms with Crippen molar-refractivity contribution < 1.29 is 14.2 Å². The highest BCUT2D eigenvalue weighted by molar-refractivity contribution is 7.80. The Morgan fingerprint density at radius 2 is 2.28 bits per heavy atom. The molecule has 0 amide bonds. The molecule has 0 bridgehead atoms. The number of thiocarbonyl (C=S) groups is 1. The van der Waals surface area contributed by atoms with Gasteiger partial charge in [-0.15, -0.1) is 0 Å². The standard InChI is InChI=1S/C12H17FN2O2S/c1-15(6-8(16)7-17-2)10-5-3-4-9(13)11(10)12(14)18/h3-5,8,16H,6-7H2,1-2H3,(H2,14,18). The third-order valence-electron chi connectivity index (χ3n) is 2.49. The number of aliphatic hydroxyl groups excluding tert-OH is 1. The minimum absolute atomic E-state index is 0.00354. The number of benzene rings is 1. The molecule has 0 radical (unpaired) electrons. The Labute approximate surface area is 111 Å². The zero-order valence-electron chi connectivity index (χ0n) is 10.4. The van der Waals surface area contributed by atoms with Crippen molar-refractivity contribution in [1.29, 1.82) is 0 Å². The van der Waals surface area contributed by atoms with Crippen LogP contribution in [0.2, 0.25) is 0 Å². The minimum Gasteiger partial charge on any atom is -0.389 e. The Balaban J connectivity index is 2.95. The van der Waals surface area contributed by atoms with Crippen LogP contribution in [0.25, 0.3) is 0 Å². The minimum atomic E-state index is -0.664. The number of rotatable bonds is 6. The number of hydrogen-bond acceptors (Lipinski definition) is 4. The number of likely N-dealkylation sites (N-methyl/N-ethyl adjacent to an activating group) is 1. The molecule has 0 spiro atoms. The Hall–Kier alpha value is -1.24. The second-order valence-electron chi connectivity index (χ2n) is 3.99. The molecule has 0 saturated carbocycles. The van der Waals surface area contributed by atoms with Crippen LogP contribution in [0.3, 0.4) is 0 Å². The molecule has 1 unspecified atom stereocenters. The topological polar surface area (TPSA) is 58.7 Å². The molecule has 6 heteroatoms. The lowest BCUT2D eigenvalue weighted by atomic mass is 10.1. The summed E-state index contributed by atoms with van der Waals surface area (Å²) in [5, 5.41) is 9.66. The van der Waals surface area contributed by atoms with Crippen molar-refractivity contribution in [1.82, 2.24) is 0 Å². The van der Waals surface area contributed by atoms with Gasteiger partial charge in [-0.3, -0.25) is 0 Å². The van der Waals surface area contributed by atoms with Gasteiger partial charge in [0.05, 0.1) is 18.3 Å². The first kappa shape index (κ1) is 14.8. The van der Waals surface area contributed by atoms with Crippen molar-refractivity contribution in [2.24, 2.45) is 5.73 Å². The lowest BCUT2D eigenvalue weighted by molar-refractivity contribution is 0.0695. The molecule has 0 aliphatic heterocycles. The number of anilines is 1. The highest BCUT2D eigenvalue weighted by atomic mass is 32.1. The first-order chi connectivity index (χ1) is 8.47. The van der Waals surface area contributed by atoms with Crippen LogP contribution in [0.4, 0.5) is 10.1 Å². The summed E-state index contributed by atoms with van der Waals surface area (Å²) in [7, 11) is 3.24. The Kier molecular flexibility index (Phi) is 5.46. The van der Waals surface area contributed by atoms with E-state index < -0.39 is 11.9 Å². The summed E-state index contributed by atoms with van der Waals surface area (Å²) in [6, 6.07) is 4.58. The summed E-state index contributed by atoms with van der Waals surface area (Å²) >= 11 is 4.85. The van der Waals surface area contributed by atoms with Crippen LogP contribution in [0.1, 0.15) is 5.56 Å². The van der Waals surface area contributed by atoms with Gasteiger partial charge >= 0.3 is 0 Å². The van der Waals surface area contributed by atoms with Gasteiger partial charge in [0.25, 0.3) is 0 Å². The average Bonchev–Trinajstić information content (AvgIpc) is 2.28. The fourth-order valence-electron chi connectivity index (χ4n) is 1.73. The van der Waals surface area contributed by atoms with E-state index in [1.165, 1.54) is 13.2 Å². The molecule has 0 aromatic heterocycles. The highest BCUT2D eigenvalue weighted by Gasteiger charge is 2.16. The van der Waals surface area contributed by atoms with E-state index in [9.17, 15) is 9.50 Å². The van der Waals surface area contributed by atoms with Crippen LogP contribution in [0.15, 0.2) is 18.2 Å². The SMILES string of the molecule is COCC(O)CN(C)c1cccc(F)c1C(N)=S. The van der Waals surface area contributed by atoms with Crippen LogP contribution < -0.4 is 10.6 Å². The fourth-order valence-corrected chi connectivity index (χ4v) is 1.94. The summed E-state index contributed by atoms with van der Waals surface area (Å²) in [6.07, 6.45) is -0.664. The molecule has 0 aliphatic rings. The zero-order valence-corrected chi connectivity index (χ0v) is 11.2. The maximum absolute atomic E-state index is 13.7. The number of hydrogen-bond donors (Lipinski definition) is 2. The molecule has 3 N–H and O–H groups in total. The summed E-state index contributed by atoms with van der Waals surface area (Å²) in [5.41, 5.74) is 6.27. The molecule has 1 aromatic rings. The number of aliphatic hydroxyl groups is 1. The quantitative estimate of drug-likeness (QED) is 0.754. The summed E-state index contributed by atoms with van der Waals surface area (Å²) in [6.45, 7) is 0.509. The number of methoxy groups -OCH3 is 1. The van der Waals surface area contributed by atoms with Crippen LogP contribution >= 0.6 is 12.2 Å². The van der Waals surface area contributed by atoms with Crippen molar-refractivity contribution in [3.05, 3.63) is 29.6 Å². The molecule has 100 valence electrons. The molecule has 0 fully saturated rings. The normalized spacial score (nSPS) is 12.2. The second-order valence-corrected chi connectivity index (χ2v) is 4.43. The second kappa shape index (κ2) is 6.63. The van der Waals surface area contributed by atoms with Gasteiger partial charge < -0.3 is 20.5 Å². The molecular formula is C12H17FN2O2S. The summed E-state index contributed by atoms with van der Waals surface area (Å²) < 4.78 is 18.5. The van der Waals surface area contributed by atoms with E-state index in [4.69, 9.17) is 22.7 Å². The molecule has 4 nitrogen and oxygen atoms in total. The molecule has 0 saturated heterocycles. The third kappa shape index (κ3) is 3.63. The van der Waals surface area contributed by atoms with Gasteiger partial charge in [0.2, 0.25) is 0 Å². The van der Waals surface area contributed by atoms with Gasteiger partial charge in [0.15, 0.2) is 0 Å². The van der Waals surface area contributed by atoms with E-state index in [-0.39, 0.29) is 17.2 Å². The van der Waals surface area contributed by atoms with Gasteiger partial charge in [-0.2, -0.15) is 0 Å². The lowest BCUT2D eigenvalue weighted by Crippen LogP contribution is -2.33. The first-order valence-electron chi connectivity index (χ1n) is 5.43. The van der Waals surface area contributed by atoms with Gasteiger partial charge in [-0.25, -0.2) is 4.39 Å². The molecule has 1 atom stereocenters. The monoisotopic (exact) mass is 272 g/mol. The van der Waals surface area contributed by atoms with Crippen molar-refractivity contribution in [3.8, 4) is 0 Å². The number of nitrogens with two attached hydrogens (primary N) is 1. The predicted octanol–water partition coefficient (Wildman–Crippen LogP) is 0.903. The van der Waals surface area contributed by atoms with Crippen LogP contribution in [-0.2, 0) is 4.74 Å². The summed E-state index contributed by atoms with van der Waals surface area (Å²) in [5.74, 6) is -0.465. The van der Waals surface area contributed by atoms with Crippen LogP contribution in [0.5, 0.6) is 0 Å². The van der Waals surface area contributed by atoms with Crippen molar-refractivity contribution in [3.63, 3.8) is 0 Å². The summed E-state index contributed by atoms with van der Waals surface area (Å²) in [4.78, 5) is 1.69. The van der Waals surface area contributed by atoms with Crippen molar-refractivity contribution >= 4 is 22.9 Å². The number of nitrogens with zero attached hydrogens (tertiary/aromatic N) is 1. The Morgan fingerprint density at radius 3 is 2.83 bits per heavy atom. The van der Waals surface area contributed by atoms with E-state index in [2.05, 4.69) is 0 Å². The van der Waals surface area contributed by atoms with E-state index in [0.717, 1.165) is 0 Å². The lowest BCUT2D eigenvalue weighted by Gasteiger charge is -2.24. The first-order valence-corrected chi connectivity index (χ1v) is 5.84. The fraction of sp³-hybridized carbons (Fsp3) is 0.417. The van der Waals surface area contributed by atoms with Gasteiger partial charge in [-0.1, -0.05) is 18.3 Å². The van der Waals surface area contributed by atoms with Crippen LogP contribution in [0, 0.1) is 5.82 Å². The Bertz CT molecular complexity index is 429. The number of ether oxygens (including phenoxy) is 1. The maximum Gasteiger partial charge on any atom is 0.135 e. The van der Waals surface area contributed by atoms with Gasteiger partial charge in [0.1, 0.15) is 10.8 Å². The van der Waals surface area contributed by atoms with E-state index in [1.807, 2.05) is 0 Å².